The van der Waals surface area contributed by atoms with Crippen LogP contribution in [0.2, 0.25) is 0 Å². The molecule has 0 aliphatic heterocycles. The number of aromatic carboxylic acids is 1. The van der Waals surface area contributed by atoms with Crippen LogP contribution in [0.3, 0.4) is 0 Å². The highest BCUT2D eigenvalue weighted by atomic mass is 16.4. The summed E-state index contributed by atoms with van der Waals surface area (Å²) in [4.78, 5) is 25.9. The van der Waals surface area contributed by atoms with Crippen molar-refractivity contribution in [2.75, 3.05) is 5.32 Å². The van der Waals surface area contributed by atoms with Crippen LogP contribution in [0.1, 0.15) is 16.2 Å². The van der Waals surface area contributed by atoms with Crippen LogP contribution in [0, 0.1) is 0 Å². The third-order valence-electron chi connectivity index (χ3n) is 2.19. The molecule has 0 bridgehead atoms. The van der Waals surface area contributed by atoms with Gasteiger partial charge in [-0.1, -0.05) is 0 Å². The van der Waals surface area contributed by atoms with Gasteiger partial charge in [-0.15, -0.1) is 0 Å². The van der Waals surface area contributed by atoms with Crippen molar-refractivity contribution < 1.29 is 19.1 Å². The minimum atomic E-state index is -1.15. The average Bonchev–Trinajstić information content (AvgIpc) is 2.90. The number of carbonyl (C=O) groups excluding carboxylic acids is 1. The van der Waals surface area contributed by atoms with Gasteiger partial charge < -0.3 is 14.8 Å². The van der Waals surface area contributed by atoms with Gasteiger partial charge in [-0.25, -0.2) is 9.78 Å². The van der Waals surface area contributed by atoms with E-state index < -0.39 is 5.97 Å². The quantitative estimate of drug-likeness (QED) is 0.818. The zero-order valence-electron chi connectivity index (χ0n) is 9.74. The molecule has 2 aromatic heterocycles. The molecular formula is C13H10N2O4. The van der Waals surface area contributed by atoms with E-state index in [0.717, 1.165) is 0 Å². The van der Waals surface area contributed by atoms with Crippen LogP contribution in [0.15, 0.2) is 47.2 Å². The topological polar surface area (TPSA) is 92.4 Å². The van der Waals surface area contributed by atoms with Gasteiger partial charge in [-0.2, -0.15) is 0 Å². The van der Waals surface area contributed by atoms with Gasteiger partial charge in [-0.05, 0) is 30.3 Å². The predicted octanol–water partition coefficient (Wildman–Crippen LogP) is 2.02. The lowest BCUT2D eigenvalue weighted by Gasteiger charge is -2.02. The first-order valence-corrected chi connectivity index (χ1v) is 5.37. The van der Waals surface area contributed by atoms with Crippen LogP contribution in [0.25, 0.3) is 6.08 Å². The number of carboxylic acid groups (broad SMARTS) is 1. The van der Waals surface area contributed by atoms with Gasteiger partial charge in [0.05, 0.1) is 6.26 Å². The lowest BCUT2D eigenvalue weighted by atomic mass is 10.3. The molecule has 0 fully saturated rings. The van der Waals surface area contributed by atoms with Gasteiger partial charge in [-0.3, -0.25) is 4.79 Å². The van der Waals surface area contributed by atoms with Crippen LogP contribution >= 0.6 is 0 Å². The van der Waals surface area contributed by atoms with Crippen molar-refractivity contribution in [2.24, 2.45) is 0 Å². The average molecular weight is 258 g/mol. The van der Waals surface area contributed by atoms with Crippen molar-refractivity contribution in [2.45, 2.75) is 0 Å². The molecule has 0 unspecified atom stereocenters. The molecule has 2 rings (SSSR count). The molecule has 0 saturated heterocycles. The molecule has 0 aliphatic rings. The molecule has 0 radical (unpaired) electrons. The molecule has 2 N–H and O–H groups in total. The maximum Gasteiger partial charge on any atom is 0.354 e. The van der Waals surface area contributed by atoms with Gasteiger partial charge in [0.1, 0.15) is 11.5 Å². The van der Waals surface area contributed by atoms with Crippen LogP contribution in [0.5, 0.6) is 0 Å². The number of carboxylic acids is 1. The summed E-state index contributed by atoms with van der Waals surface area (Å²) in [5, 5.41) is 11.3. The number of anilines is 1. The minimum Gasteiger partial charge on any atom is -0.477 e. The van der Waals surface area contributed by atoms with Crippen molar-refractivity contribution >= 4 is 23.6 Å². The van der Waals surface area contributed by atoms with Crippen LogP contribution < -0.4 is 5.32 Å². The molecule has 0 aromatic carbocycles. The molecule has 0 atom stereocenters. The summed E-state index contributed by atoms with van der Waals surface area (Å²) in [6, 6.07) is 6.20. The van der Waals surface area contributed by atoms with Crippen molar-refractivity contribution in [1.29, 1.82) is 0 Å². The van der Waals surface area contributed by atoms with E-state index in [0.29, 0.717) is 11.4 Å². The summed E-state index contributed by atoms with van der Waals surface area (Å²) >= 11 is 0. The number of aromatic nitrogens is 1. The molecule has 6 heteroatoms. The zero-order chi connectivity index (χ0) is 13.7. The second-order valence-electron chi connectivity index (χ2n) is 3.57. The second-order valence-corrected chi connectivity index (χ2v) is 3.57. The van der Waals surface area contributed by atoms with E-state index in [1.165, 1.54) is 36.7 Å². The number of pyridine rings is 1. The number of furan rings is 1. The third-order valence-corrected chi connectivity index (χ3v) is 2.19. The van der Waals surface area contributed by atoms with Gasteiger partial charge in [0, 0.05) is 18.0 Å². The summed E-state index contributed by atoms with van der Waals surface area (Å²) < 4.78 is 5.03. The van der Waals surface area contributed by atoms with Gasteiger partial charge in [0.25, 0.3) is 0 Å². The first kappa shape index (κ1) is 12.6. The Bertz CT molecular complexity index is 617. The maximum absolute atomic E-state index is 11.6. The molecule has 96 valence electrons. The first-order valence-electron chi connectivity index (χ1n) is 5.37. The lowest BCUT2D eigenvalue weighted by Crippen LogP contribution is -2.09. The van der Waals surface area contributed by atoms with Crippen LogP contribution in [0.4, 0.5) is 5.69 Å². The summed E-state index contributed by atoms with van der Waals surface area (Å²) in [5.41, 5.74) is 0.231. The fourth-order valence-corrected chi connectivity index (χ4v) is 1.35. The molecule has 19 heavy (non-hydrogen) atoms. The highest BCUT2D eigenvalue weighted by Gasteiger charge is 2.06. The Morgan fingerprint density at radius 2 is 2.21 bits per heavy atom. The molecule has 2 aromatic rings. The minimum absolute atomic E-state index is 0.132. The van der Waals surface area contributed by atoms with Crippen molar-refractivity contribution in [3.8, 4) is 0 Å². The molecule has 2 heterocycles. The SMILES string of the molecule is O=C(C=Cc1ccco1)Nc1ccnc(C(=O)O)c1. The van der Waals surface area contributed by atoms with Crippen LogP contribution in [-0.2, 0) is 4.79 Å². The Morgan fingerprint density at radius 3 is 2.89 bits per heavy atom. The Kier molecular flexibility index (Phi) is 3.72. The van der Waals surface area contributed by atoms with E-state index in [-0.39, 0.29) is 11.6 Å². The lowest BCUT2D eigenvalue weighted by molar-refractivity contribution is -0.111. The number of hydrogen-bond acceptors (Lipinski definition) is 4. The third kappa shape index (κ3) is 3.53. The summed E-state index contributed by atoms with van der Waals surface area (Å²) in [7, 11) is 0. The van der Waals surface area contributed by atoms with Crippen molar-refractivity contribution in [3.63, 3.8) is 0 Å². The smallest absolute Gasteiger partial charge is 0.354 e. The van der Waals surface area contributed by atoms with E-state index in [1.54, 1.807) is 12.1 Å². The summed E-state index contributed by atoms with van der Waals surface area (Å²) in [5.74, 6) is -0.989. The molecular weight excluding hydrogens is 248 g/mol. The maximum atomic E-state index is 11.6. The summed E-state index contributed by atoms with van der Waals surface area (Å²) in [6.45, 7) is 0. The largest absolute Gasteiger partial charge is 0.477 e. The highest BCUT2D eigenvalue weighted by molar-refractivity contribution is 6.02. The van der Waals surface area contributed by atoms with Crippen LogP contribution in [-0.4, -0.2) is 22.0 Å². The Hall–Kier alpha value is -2.89. The Balaban J connectivity index is 2.03. The van der Waals surface area contributed by atoms with E-state index in [1.807, 2.05) is 0 Å². The van der Waals surface area contributed by atoms with Gasteiger partial charge >= 0.3 is 5.97 Å². The standard InChI is InChI=1S/C13H10N2O4/c16-12(4-3-10-2-1-7-19-10)15-9-5-6-14-11(8-9)13(17)18/h1-8H,(H,17,18)(H,14,15,16). The number of nitrogens with one attached hydrogen (secondary N) is 1. The number of rotatable bonds is 4. The summed E-state index contributed by atoms with van der Waals surface area (Å²) in [6.07, 6.45) is 5.61. The second kappa shape index (κ2) is 5.63. The number of amides is 1. The molecule has 0 aliphatic carbocycles. The highest BCUT2D eigenvalue weighted by Crippen LogP contribution is 2.08. The number of carbonyl (C=O) groups is 2. The van der Waals surface area contributed by atoms with Gasteiger partial charge in [0.15, 0.2) is 0 Å². The Labute approximate surface area is 108 Å². The fraction of sp³-hybridized carbons (Fsp3) is 0. The predicted molar refractivity (Wildman–Crippen MR) is 67.6 cm³/mol. The normalized spacial score (nSPS) is 10.5. The van der Waals surface area contributed by atoms with Crippen molar-refractivity contribution in [3.05, 3.63) is 54.3 Å². The molecule has 0 spiro atoms. The van der Waals surface area contributed by atoms with Gasteiger partial charge in [0.2, 0.25) is 5.91 Å². The van der Waals surface area contributed by atoms with E-state index in [9.17, 15) is 9.59 Å². The molecule has 1 amide bonds. The fourth-order valence-electron chi connectivity index (χ4n) is 1.35. The number of hydrogen-bond donors (Lipinski definition) is 2. The van der Waals surface area contributed by atoms with Crippen molar-refractivity contribution in [1.82, 2.24) is 4.98 Å². The zero-order valence-corrected chi connectivity index (χ0v) is 9.74. The molecule has 6 nitrogen and oxygen atoms in total. The molecule has 0 saturated carbocycles. The van der Waals surface area contributed by atoms with E-state index >= 15 is 0 Å². The first-order chi connectivity index (χ1) is 9.15. The number of nitrogens with zero attached hydrogens (tertiary/aromatic N) is 1. The van der Waals surface area contributed by atoms with E-state index in [4.69, 9.17) is 9.52 Å². The monoisotopic (exact) mass is 258 g/mol. The van der Waals surface area contributed by atoms with E-state index in [2.05, 4.69) is 10.3 Å². The Morgan fingerprint density at radius 1 is 1.37 bits per heavy atom.